The lowest BCUT2D eigenvalue weighted by molar-refractivity contribution is 0.170. The van der Waals surface area contributed by atoms with E-state index in [1.165, 1.54) is 30.4 Å². The molecule has 25 heavy (non-hydrogen) atoms. The number of methoxy groups -OCH3 is 1. The Morgan fingerprint density at radius 1 is 1.04 bits per heavy atom. The van der Waals surface area contributed by atoms with Crippen LogP contribution in [-0.4, -0.2) is 31.9 Å². The molecule has 2 aliphatic heterocycles. The van der Waals surface area contributed by atoms with Crippen molar-refractivity contribution in [1.29, 1.82) is 0 Å². The Morgan fingerprint density at radius 2 is 1.84 bits per heavy atom. The standard InChI is InChI=1S/C21H25NO3/c1-23-19-12-18(13-20-21(19)25-15-24-20)14-22-9-7-17(8-10-22)11-16-5-3-2-4-6-16/h2-6,12-13,17H,7-11,14-15H2,1H3. The van der Waals surface area contributed by atoms with Crippen molar-refractivity contribution in [1.82, 2.24) is 4.90 Å². The van der Waals surface area contributed by atoms with Gasteiger partial charge in [0.05, 0.1) is 7.11 Å². The summed E-state index contributed by atoms with van der Waals surface area (Å²) in [5.41, 5.74) is 2.68. The molecule has 0 atom stereocenters. The third-order valence-corrected chi connectivity index (χ3v) is 5.20. The number of likely N-dealkylation sites (tertiary alicyclic amines) is 1. The van der Waals surface area contributed by atoms with Gasteiger partial charge in [-0.2, -0.15) is 0 Å². The zero-order chi connectivity index (χ0) is 17.1. The third kappa shape index (κ3) is 3.74. The van der Waals surface area contributed by atoms with E-state index in [0.29, 0.717) is 0 Å². The van der Waals surface area contributed by atoms with Crippen LogP contribution in [0.15, 0.2) is 42.5 Å². The summed E-state index contributed by atoms with van der Waals surface area (Å²) >= 11 is 0. The Morgan fingerprint density at radius 3 is 2.60 bits per heavy atom. The summed E-state index contributed by atoms with van der Waals surface area (Å²) in [4.78, 5) is 2.53. The SMILES string of the molecule is COc1cc(CN2CCC(Cc3ccccc3)CC2)cc2c1OCO2. The molecule has 2 aromatic rings. The first-order chi connectivity index (χ1) is 12.3. The summed E-state index contributed by atoms with van der Waals surface area (Å²) in [6.45, 7) is 3.51. The van der Waals surface area contributed by atoms with Crippen LogP contribution in [-0.2, 0) is 13.0 Å². The maximum atomic E-state index is 5.53. The van der Waals surface area contributed by atoms with Gasteiger partial charge in [0.15, 0.2) is 11.5 Å². The van der Waals surface area contributed by atoms with Crippen LogP contribution in [0.25, 0.3) is 0 Å². The molecule has 0 aliphatic carbocycles. The fourth-order valence-electron chi connectivity index (χ4n) is 3.83. The zero-order valence-electron chi connectivity index (χ0n) is 14.7. The molecule has 0 saturated carbocycles. The Labute approximate surface area is 149 Å². The molecule has 132 valence electrons. The number of hydrogen-bond donors (Lipinski definition) is 0. The number of fused-ring (bicyclic) bond motifs is 1. The molecule has 0 spiro atoms. The third-order valence-electron chi connectivity index (χ3n) is 5.20. The van der Waals surface area contributed by atoms with Crippen molar-refractivity contribution in [3.63, 3.8) is 0 Å². The van der Waals surface area contributed by atoms with E-state index < -0.39 is 0 Å². The molecule has 0 unspecified atom stereocenters. The fourth-order valence-corrected chi connectivity index (χ4v) is 3.83. The van der Waals surface area contributed by atoms with Gasteiger partial charge in [-0.3, -0.25) is 4.90 Å². The van der Waals surface area contributed by atoms with Crippen molar-refractivity contribution >= 4 is 0 Å². The normalized spacial score (nSPS) is 17.6. The summed E-state index contributed by atoms with van der Waals surface area (Å²) in [5, 5.41) is 0. The van der Waals surface area contributed by atoms with Gasteiger partial charge < -0.3 is 14.2 Å². The van der Waals surface area contributed by atoms with Crippen molar-refractivity contribution in [3.05, 3.63) is 53.6 Å². The highest BCUT2D eigenvalue weighted by Crippen LogP contribution is 2.42. The molecular formula is C21H25NO3. The van der Waals surface area contributed by atoms with Crippen LogP contribution >= 0.6 is 0 Å². The number of ether oxygens (including phenoxy) is 3. The Kier molecular flexibility index (Phi) is 4.79. The van der Waals surface area contributed by atoms with Crippen molar-refractivity contribution in [3.8, 4) is 17.2 Å². The van der Waals surface area contributed by atoms with Gasteiger partial charge in [-0.15, -0.1) is 0 Å². The van der Waals surface area contributed by atoms with E-state index in [9.17, 15) is 0 Å². The minimum Gasteiger partial charge on any atom is -0.493 e. The molecule has 2 aromatic carbocycles. The van der Waals surface area contributed by atoms with Gasteiger partial charge in [0.25, 0.3) is 0 Å². The van der Waals surface area contributed by atoms with Crippen molar-refractivity contribution in [2.24, 2.45) is 5.92 Å². The van der Waals surface area contributed by atoms with Gasteiger partial charge in [0.1, 0.15) is 0 Å². The predicted octanol–water partition coefficient (Wildman–Crippen LogP) is 3.88. The van der Waals surface area contributed by atoms with E-state index in [2.05, 4.69) is 47.4 Å². The fraction of sp³-hybridized carbons (Fsp3) is 0.429. The van der Waals surface area contributed by atoms with Crippen LogP contribution < -0.4 is 14.2 Å². The maximum absolute atomic E-state index is 5.53. The molecule has 0 amide bonds. The summed E-state index contributed by atoms with van der Waals surface area (Å²) < 4.78 is 16.5. The quantitative estimate of drug-likeness (QED) is 0.827. The van der Waals surface area contributed by atoms with E-state index >= 15 is 0 Å². The lowest BCUT2D eigenvalue weighted by atomic mass is 9.90. The molecular weight excluding hydrogens is 314 g/mol. The number of nitrogens with zero attached hydrogens (tertiary/aromatic N) is 1. The first-order valence-corrected chi connectivity index (χ1v) is 9.04. The molecule has 2 aliphatic rings. The molecule has 4 nitrogen and oxygen atoms in total. The number of rotatable bonds is 5. The van der Waals surface area contributed by atoms with Gasteiger partial charge >= 0.3 is 0 Å². The van der Waals surface area contributed by atoms with Crippen LogP contribution in [0.1, 0.15) is 24.0 Å². The first-order valence-electron chi connectivity index (χ1n) is 9.04. The van der Waals surface area contributed by atoms with Crippen LogP contribution in [0.5, 0.6) is 17.2 Å². The number of piperidine rings is 1. The number of benzene rings is 2. The molecule has 1 saturated heterocycles. The van der Waals surface area contributed by atoms with Gasteiger partial charge in [-0.1, -0.05) is 30.3 Å². The second-order valence-corrected chi connectivity index (χ2v) is 6.94. The smallest absolute Gasteiger partial charge is 0.231 e. The average molecular weight is 339 g/mol. The van der Waals surface area contributed by atoms with Crippen molar-refractivity contribution in [2.75, 3.05) is 27.0 Å². The second kappa shape index (κ2) is 7.36. The summed E-state index contributed by atoms with van der Waals surface area (Å²) in [5.74, 6) is 3.09. The Balaban J connectivity index is 1.34. The highest BCUT2D eigenvalue weighted by atomic mass is 16.7. The van der Waals surface area contributed by atoms with E-state index in [1.54, 1.807) is 7.11 Å². The van der Waals surface area contributed by atoms with Gasteiger partial charge in [-0.25, -0.2) is 0 Å². The molecule has 4 heteroatoms. The van der Waals surface area contributed by atoms with Crippen LogP contribution in [0.2, 0.25) is 0 Å². The molecule has 0 aromatic heterocycles. The van der Waals surface area contributed by atoms with E-state index in [-0.39, 0.29) is 6.79 Å². The molecule has 0 N–H and O–H groups in total. The summed E-state index contributed by atoms with van der Waals surface area (Å²) in [7, 11) is 1.68. The first kappa shape index (κ1) is 16.3. The summed E-state index contributed by atoms with van der Waals surface area (Å²) in [6.07, 6.45) is 3.72. The van der Waals surface area contributed by atoms with Crippen LogP contribution in [0.4, 0.5) is 0 Å². The second-order valence-electron chi connectivity index (χ2n) is 6.94. The molecule has 2 heterocycles. The van der Waals surface area contributed by atoms with Crippen LogP contribution in [0.3, 0.4) is 0 Å². The van der Waals surface area contributed by atoms with Crippen molar-refractivity contribution in [2.45, 2.75) is 25.8 Å². The maximum Gasteiger partial charge on any atom is 0.231 e. The average Bonchev–Trinajstić information content (AvgIpc) is 3.12. The highest BCUT2D eigenvalue weighted by molar-refractivity contribution is 5.55. The Bertz CT molecular complexity index is 709. The van der Waals surface area contributed by atoms with Crippen molar-refractivity contribution < 1.29 is 14.2 Å². The van der Waals surface area contributed by atoms with Gasteiger partial charge in [-0.05, 0) is 61.5 Å². The van der Waals surface area contributed by atoms with E-state index in [0.717, 1.165) is 42.8 Å². The number of hydrogen-bond acceptors (Lipinski definition) is 4. The molecule has 4 rings (SSSR count). The van der Waals surface area contributed by atoms with Crippen LogP contribution in [0, 0.1) is 5.92 Å². The molecule has 0 bridgehead atoms. The molecule has 1 fully saturated rings. The topological polar surface area (TPSA) is 30.9 Å². The zero-order valence-corrected chi connectivity index (χ0v) is 14.7. The van der Waals surface area contributed by atoms with Gasteiger partial charge in [0.2, 0.25) is 12.5 Å². The molecule has 0 radical (unpaired) electrons. The monoisotopic (exact) mass is 339 g/mol. The Hall–Kier alpha value is -2.20. The van der Waals surface area contributed by atoms with Gasteiger partial charge in [0, 0.05) is 6.54 Å². The minimum atomic E-state index is 0.278. The lowest BCUT2D eigenvalue weighted by Gasteiger charge is -2.32. The van der Waals surface area contributed by atoms with E-state index in [1.807, 2.05) is 0 Å². The summed E-state index contributed by atoms with van der Waals surface area (Å²) in [6, 6.07) is 15.0. The van der Waals surface area contributed by atoms with E-state index in [4.69, 9.17) is 14.2 Å². The predicted molar refractivity (Wildman–Crippen MR) is 97.3 cm³/mol. The lowest BCUT2D eigenvalue weighted by Crippen LogP contribution is -2.33. The largest absolute Gasteiger partial charge is 0.493 e. The minimum absolute atomic E-state index is 0.278. The highest BCUT2D eigenvalue weighted by Gasteiger charge is 2.23.